The predicted molar refractivity (Wildman–Crippen MR) is 21.6 cm³/mol. The minimum atomic E-state index is -1.18. The molecule has 0 spiro atoms. The summed E-state index contributed by atoms with van der Waals surface area (Å²) in [5.41, 5.74) is 0. The molecule has 0 aromatic heterocycles. The fourth-order valence-electron chi connectivity index (χ4n) is 0.123. The lowest BCUT2D eigenvalue weighted by atomic mass is 10.7. The third-order valence-corrected chi connectivity index (χ3v) is 0.268. The van der Waals surface area contributed by atoms with Gasteiger partial charge in [0.05, 0.1) is 7.89 Å². The molecule has 0 heterocycles. The van der Waals surface area contributed by atoms with Crippen molar-refractivity contribution in [3.8, 4) is 0 Å². The number of hydrogen-bond acceptors (Lipinski definition) is 2. The molecular formula is C3H7NO2. The second-order valence-electron chi connectivity index (χ2n) is 0.771. The van der Waals surface area contributed by atoms with Crippen molar-refractivity contribution in [2.24, 2.45) is 0 Å². The number of likely N-dealkylation sites (N-methyl/N-ethyl adjacent to an activating group) is 1. The Bertz CT molecular complexity index is 75.3. The van der Waals surface area contributed by atoms with E-state index in [1.807, 2.05) is 0 Å². The SMILES string of the molecule is [2H]C(NC)C(=O)O. The van der Waals surface area contributed by atoms with E-state index in [2.05, 4.69) is 5.32 Å². The van der Waals surface area contributed by atoms with Crippen molar-refractivity contribution in [1.82, 2.24) is 5.32 Å². The lowest BCUT2D eigenvalue weighted by Crippen LogP contribution is -2.16. The van der Waals surface area contributed by atoms with Gasteiger partial charge in [-0.15, -0.1) is 0 Å². The highest BCUT2D eigenvalue weighted by Gasteiger charge is 1.86. The highest BCUT2D eigenvalue weighted by atomic mass is 16.4. The number of rotatable bonds is 2. The standard InChI is InChI=1S/C3H7NO2/c1-4-2-3(5)6/h4H,2H2,1H3,(H,5,6)/i2D. The van der Waals surface area contributed by atoms with Crippen LogP contribution in [0.3, 0.4) is 0 Å². The molecule has 0 saturated heterocycles. The summed E-state index contributed by atoms with van der Waals surface area (Å²) in [7, 11) is 1.42. The van der Waals surface area contributed by atoms with E-state index in [0.717, 1.165) is 0 Å². The van der Waals surface area contributed by atoms with Crippen LogP contribution in [0.25, 0.3) is 0 Å². The average molecular weight is 90.1 g/mol. The van der Waals surface area contributed by atoms with Crippen LogP contribution in [0.1, 0.15) is 1.37 Å². The molecule has 36 valence electrons. The fraction of sp³-hybridized carbons (Fsp3) is 0.667. The van der Waals surface area contributed by atoms with Gasteiger partial charge in [0.1, 0.15) is 0 Å². The van der Waals surface area contributed by atoms with E-state index in [4.69, 9.17) is 6.48 Å². The van der Waals surface area contributed by atoms with Gasteiger partial charge in [0.2, 0.25) is 0 Å². The molecule has 3 heteroatoms. The molecule has 0 aliphatic rings. The smallest absolute Gasteiger partial charge is 0.317 e. The summed E-state index contributed by atoms with van der Waals surface area (Å²) in [5.74, 6) is -1.15. The number of carboxylic acid groups (broad SMARTS) is 1. The van der Waals surface area contributed by atoms with Crippen molar-refractivity contribution >= 4 is 5.97 Å². The summed E-state index contributed by atoms with van der Waals surface area (Å²) in [6.07, 6.45) is 0. The Morgan fingerprint density at radius 3 is 2.83 bits per heavy atom. The lowest BCUT2D eigenvalue weighted by molar-refractivity contribution is -0.135. The lowest BCUT2D eigenvalue weighted by Gasteiger charge is -1.84. The molecule has 1 atom stereocenters. The molecule has 1 unspecified atom stereocenters. The van der Waals surface area contributed by atoms with Crippen LogP contribution >= 0.6 is 0 Å². The minimum absolute atomic E-state index is 1.15. The Morgan fingerprint density at radius 2 is 2.83 bits per heavy atom. The molecule has 3 nitrogen and oxygen atoms in total. The van der Waals surface area contributed by atoms with Crippen molar-refractivity contribution in [1.29, 1.82) is 0 Å². The van der Waals surface area contributed by atoms with E-state index in [0.29, 0.717) is 0 Å². The molecular weight excluding hydrogens is 82.0 g/mol. The van der Waals surface area contributed by atoms with E-state index in [9.17, 15) is 4.79 Å². The number of hydrogen-bond donors (Lipinski definition) is 2. The zero-order valence-corrected chi connectivity index (χ0v) is 3.43. The predicted octanol–water partition coefficient (Wildman–Crippen LogP) is -0.710. The van der Waals surface area contributed by atoms with Gasteiger partial charge in [0.15, 0.2) is 0 Å². The number of carbonyl (C=O) groups is 1. The monoisotopic (exact) mass is 90.1 g/mol. The van der Waals surface area contributed by atoms with Gasteiger partial charge in [0.25, 0.3) is 0 Å². The zero-order chi connectivity index (χ0) is 5.86. The topological polar surface area (TPSA) is 49.3 Å². The van der Waals surface area contributed by atoms with E-state index >= 15 is 0 Å². The molecule has 0 radical (unpaired) electrons. The normalized spacial score (nSPS) is 15.8. The first-order chi connectivity index (χ1) is 3.18. The van der Waals surface area contributed by atoms with Crippen LogP contribution < -0.4 is 5.32 Å². The summed E-state index contributed by atoms with van der Waals surface area (Å²) in [5, 5.41) is 10.2. The molecule has 0 saturated carbocycles. The van der Waals surface area contributed by atoms with Crippen molar-refractivity contribution in [3.63, 3.8) is 0 Å². The van der Waals surface area contributed by atoms with Gasteiger partial charge in [-0.25, -0.2) is 0 Å². The van der Waals surface area contributed by atoms with Crippen LogP contribution in [0.4, 0.5) is 0 Å². The van der Waals surface area contributed by atoms with E-state index in [1.54, 1.807) is 0 Å². The Hall–Kier alpha value is -0.570. The Morgan fingerprint density at radius 1 is 2.33 bits per heavy atom. The largest absolute Gasteiger partial charge is 0.480 e. The van der Waals surface area contributed by atoms with E-state index in [1.165, 1.54) is 7.05 Å². The molecule has 0 bridgehead atoms. The molecule has 0 aromatic rings. The van der Waals surface area contributed by atoms with Crippen LogP contribution in [0, 0.1) is 0 Å². The van der Waals surface area contributed by atoms with Gasteiger partial charge in [-0.1, -0.05) is 0 Å². The van der Waals surface area contributed by atoms with Gasteiger partial charge < -0.3 is 10.4 Å². The fourth-order valence-corrected chi connectivity index (χ4v) is 0.123. The summed E-state index contributed by atoms with van der Waals surface area (Å²) in [6.45, 7) is -1.18. The number of nitrogens with one attached hydrogen (secondary N) is 1. The molecule has 6 heavy (non-hydrogen) atoms. The van der Waals surface area contributed by atoms with Crippen LogP contribution in [0.15, 0.2) is 0 Å². The van der Waals surface area contributed by atoms with Gasteiger partial charge in [0, 0.05) is 0 Å². The first-order valence-corrected chi connectivity index (χ1v) is 1.51. The van der Waals surface area contributed by atoms with Crippen molar-refractivity contribution in [2.75, 3.05) is 13.6 Å². The maximum absolute atomic E-state index is 9.68. The summed E-state index contributed by atoms with van der Waals surface area (Å²) < 4.78 is 6.56. The average Bonchev–Trinajstić information content (AvgIpc) is 1.65. The van der Waals surface area contributed by atoms with E-state index in [-0.39, 0.29) is 0 Å². The summed E-state index contributed by atoms with van der Waals surface area (Å²) >= 11 is 0. The van der Waals surface area contributed by atoms with Gasteiger partial charge in [-0.05, 0) is 7.05 Å². The van der Waals surface area contributed by atoms with Crippen LogP contribution in [0.5, 0.6) is 0 Å². The molecule has 0 aromatic carbocycles. The second kappa shape index (κ2) is 2.66. The van der Waals surface area contributed by atoms with Crippen molar-refractivity contribution in [3.05, 3.63) is 0 Å². The third-order valence-electron chi connectivity index (χ3n) is 0.268. The Balaban J connectivity index is 3.34. The quantitative estimate of drug-likeness (QED) is 0.471. The van der Waals surface area contributed by atoms with Crippen molar-refractivity contribution < 1.29 is 11.3 Å². The molecule has 0 amide bonds. The first-order valence-electron chi connectivity index (χ1n) is 2.08. The summed E-state index contributed by atoms with van der Waals surface area (Å²) in [6, 6.07) is 0. The second-order valence-corrected chi connectivity index (χ2v) is 0.771. The summed E-state index contributed by atoms with van der Waals surface area (Å²) in [4.78, 5) is 9.68. The van der Waals surface area contributed by atoms with Gasteiger partial charge in [-0.3, -0.25) is 4.79 Å². The minimum Gasteiger partial charge on any atom is -0.480 e. The maximum atomic E-state index is 9.68. The molecule has 0 aliphatic carbocycles. The third kappa shape index (κ3) is 3.43. The maximum Gasteiger partial charge on any atom is 0.317 e. The molecule has 0 fully saturated rings. The molecule has 0 rings (SSSR count). The number of aliphatic carboxylic acids is 1. The van der Waals surface area contributed by atoms with Crippen LogP contribution in [-0.4, -0.2) is 24.6 Å². The van der Waals surface area contributed by atoms with Crippen molar-refractivity contribution in [2.45, 2.75) is 0 Å². The number of carboxylic acids is 1. The first kappa shape index (κ1) is 3.61. The zero-order valence-electron chi connectivity index (χ0n) is 4.43. The molecule has 2 N–H and O–H groups in total. The van der Waals surface area contributed by atoms with Gasteiger partial charge in [-0.2, -0.15) is 0 Å². The molecule has 0 aliphatic heterocycles. The Labute approximate surface area is 37.4 Å². The van der Waals surface area contributed by atoms with E-state index < -0.39 is 12.5 Å². The Kier molecular flexibility index (Phi) is 1.60. The van der Waals surface area contributed by atoms with Crippen LogP contribution in [0.2, 0.25) is 0 Å². The highest BCUT2D eigenvalue weighted by Crippen LogP contribution is 1.50. The highest BCUT2D eigenvalue weighted by molar-refractivity contribution is 5.68. The van der Waals surface area contributed by atoms with Gasteiger partial charge >= 0.3 is 5.97 Å². The van der Waals surface area contributed by atoms with Crippen LogP contribution in [-0.2, 0) is 4.79 Å².